The van der Waals surface area contributed by atoms with Crippen LogP contribution in [0.5, 0.6) is 0 Å². The Labute approximate surface area is 185 Å². The average Bonchev–Trinajstić information content (AvgIpc) is 3.10. The summed E-state index contributed by atoms with van der Waals surface area (Å²) < 4.78 is 10.4. The Hall–Kier alpha value is -4.13. The van der Waals surface area contributed by atoms with Gasteiger partial charge in [0.2, 0.25) is 6.23 Å². The molecule has 162 valence electrons. The summed E-state index contributed by atoms with van der Waals surface area (Å²) in [4.78, 5) is 40.4. The van der Waals surface area contributed by atoms with Gasteiger partial charge >= 0.3 is 12.2 Å². The summed E-state index contributed by atoms with van der Waals surface area (Å²) in [6.45, 7) is 1.74. The minimum Gasteiger partial charge on any atom is -0.435 e. The van der Waals surface area contributed by atoms with Crippen LogP contribution in [0.25, 0.3) is 0 Å². The van der Waals surface area contributed by atoms with Crippen molar-refractivity contribution < 1.29 is 23.9 Å². The van der Waals surface area contributed by atoms with Crippen LogP contribution >= 0.6 is 0 Å². The van der Waals surface area contributed by atoms with Crippen LogP contribution in [0.2, 0.25) is 0 Å². The van der Waals surface area contributed by atoms with Gasteiger partial charge in [-0.05, 0) is 18.1 Å². The van der Waals surface area contributed by atoms with Crippen LogP contribution < -0.4 is 5.32 Å². The lowest BCUT2D eigenvalue weighted by Crippen LogP contribution is -2.45. The second-order valence-corrected chi connectivity index (χ2v) is 7.15. The fourth-order valence-corrected chi connectivity index (χ4v) is 3.82. The first-order valence-electron chi connectivity index (χ1n) is 10.2. The summed E-state index contributed by atoms with van der Waals surface area (Å²) in [7, 11) is 0. The molecule has 3 aromatic carbocycles. The Morgan fingerprint density at radius 2 is 1.38 bits per heavy atom. The molecule has 0 radical (unpaired) electrons. The van der Waals surface area contributed by atoms with Crippen molar-refractivity contribution in [1.82, 2.24) is 10.2 Å². The van der Waals surface area contributed by atoms with E-state index < -0.39 is 29.9 Å². The second-order valence-electron chi connectivity index (χ2n) is 7.15. The van der Waals surface area contributed by atoms with Gasteiger partial charge in [0.25, 0.3) is 5.91 Å². The molecule has 0 aliphatic carbocycles. The van der Waals surface area contributed by atoms with E-state index >= 15 is 0 Å². The SMILES string of the molecule is CCOC(=O)OC(c1ccccc1)N1C(=O)NC(c2ccccc2)(c2ccccc2)C1=O. The molecule has 1 atom stereocenters. The molecule has 1 unspecified atom stereocenters. The average molecular weight is 430 g/mol. The molecule has 4 rings (SSSR count). The predicted octanol–water partition coefficient (Wildman–Crippen LogP) is 4.35. The highest BCUT2D eigenvalue weighted by molar-refractivity contribution is 6.10. The van der Waals surface area contributed by atoms with E-state index in [0.29, 0.717) is 16.7 Å². The maximum atomic E-state index is 14.0. The van der Waals surface area contributed by atoms with Crippen molar-refractivity contribution in [3.05, 3.63) is 108 Å². The summed E-state index contributed by atoms with van der Waals surface area (Å²) in [5, 5.41) is 2.86. The lowest BCUT2D eigenvalue weighted by molar-refractivity contribution is -0.138. The number of imide groups is 1. The van der Waals surface area contributed by atoms with Gasteiger partial charge in [-0.25, -0.2) is 14.5 Å². The van der Waals surface area contributed by atoms with Crippen molar-refractivity contribution in [2.45, 2.75) is 18.7 Å². The molecule has 0 saturated carbocycles. The van der Waals surface area contributed by atoms with E-state index in [4.69, 9.17) is 9.47 Å². The first-order chi connectivity index (χ1) is 15.6. The molecule has 0 bridgehead atoms. The third-order valence-electron chi connectivity index (χ3n) is 5.26. The van der Waals surface area contributed by atoms with Crippen LogP contribution in [0.3, 0.4) is 0 Å². The molecular formula is C25H22N2O5. The summed E-state index contributed by atoms with van der Waals surface area (Å²) in [6, 6.07) is 25.9. The number of urea groups is 1. The summed E-state index contributed by atoms with van der Waals surface area (Å²) in [6.07, 6.45) is -2.27. The zero-order valence-electron chi connectivity index (χ0n) is 17.4. The van der Waals surface area contributed by atoms with Gasteiger partial charge in [0.15, 0.2) is 5.54 Å². The molecule has 7 heteroatoms. The largest absolute Gasteiger partial charge is 0.510 e. The summed E-state index contributed by atoms with van der Waals surface area (Å²) >= 11 is 0. The number of hydrogen-bond acceptors (Lipinski definition) is 5. The molecule has 1 aliphatic rings. The van der Waals surface area contributed by atoms with Gasteiger partial charge in [0.1, 0.15) is 0 Å². The van der Waals surface area contributed by atoms with Gasteiger partial charge in [-0.15, -0.1) is 0 Å². The molecule has 1 fully saturated rings. The molecule has 1 N–H and O–H groups in total. The highest BCUT2D eigenvalue weighted by Crippen LogP contribution is 2.39. The monoisotopic (exact) mass is 430 g/mol. The highest BCUT2D eigenvalue weighted by atomic mass is 16.7. The van der Waals surface area contributed by atoms with E-state index in [9.17, 15) is 14.4 Å². The summed E-state index contributed by atoms with van der Waals surface area (Å²) in [5.41, 5.74) is 0.177. The number of hydrogen-bond donors (Lipinski definition) is 1. The van der Waals surface area contributed by atoms with Crippen LogP contribution in [-0.4, -0.2) is 29.6 Å². The fourth-order valence-electron chi connectivity index (χ4n) is 3.82. The third-order valence-corrected chi connectivity index (χ3v) is 5.26. The number of rotatable bonds is 6. The van der Waals surface area contributed by atoms with Gasteiger partial charge in [0, 0.05) is 5.56 Å². The highest BCUT2D eigenvalue weighted by Gasteiger charge is 2.56. The van der Waals surface area contributed by atoms with Crippen LogP contribution in [0, 0.1) is 0 Å². The van der Waals surface area contributed by atoms with Crippen LogP contribution in [-0.2, 0) is 19.8 Å². The number of amides is 3. The molecular weight excluding hydrogens is 408 g/mol. The molecule has 3 aromatic rings. The number of carbonyl (C=O) groups is 3. The standard InChI is InChI=1S/C25H22N2O5/c1-2-31-24(30)32-21(18-12-6-3-7-13-18)27-22(28)25(26-23(27)29,19-14-8-4-9-15-19)20-16-10-5-11-17-20/h3-17,21H,2H2,1H3,(H,26,29). The zero-order chi connectivity index (χ0) is 22.6. The predicted molar refractivity (Wildman–Crippen MR) is 116 cm³/mol. The van der Waals surface area contributed by atoms with Gasteiger partial charge < -0.3 is 14.8 Å². The Morgan fingerprint density at radius 3 is 1.88 bits per heavy atom. The van der Waals surface area contributed by atoms with Gasteiger partial charge in [-0.1, -0.05) is 91.0 Å². The normalized spacial score (nSPS) is 15.7. The molecule has 32 heavy (non-hydrogen) atoms. The zero-order valence-corrected chi connectivity index (χ0v) is 17.4. The molecule has 1 heterocycles. The second kappa shape index (κ2) is 8.93. The van der Waals surface area contributed by atoms with Crippen molar-refractivity contribution in [3.63, 3.8) is 0 Å². The minimum absolute atomic E-state index is 0.0957. The number of nitrogens with one attached hydrogen (secondary N) is 1. The quantitative estimate of drug-likeness (QED) is 0.464. The number of nitrogens with zero attached hydrogens (tertiary/aromatic N) is 1. The van der Waals surface area contributed by atoms with Crippen molar-refractivity contribution in [2.75, 3.05) is 6.61 Å². The van der Waals surface area contributed by atoms with Crippen LogP contribution in [0.15, 0.2) is 91.0 Å². The van der Waals surface area contributed by atoms with Gasteiger partial charge in [-0.3, -0.25) is 4.79 Å². The number of carbonyl (C=O) groups excluding carboxylic acids is 3. The maximum absolute atomic E-state index is 14.0. The Morgan fingerprint density at radius 1 is 0.875 bits per heavy atom. The molecule has 0 spiro atoms. The van der Waals surface area contributed by atoms with Crippen LogP contribution in [0.4, 0.5) is 9.59 Å². The minimum atomic E-state index is -1.47. The molecule has 0 aromatic heterocycles. The smallest absolute Gasteiger partial charge is 0.435 e. The van der Waals surface area contributed by atoms with E-state index in [1.807, 2.05) is 12.1 Å². The van der Waals surface area contributed by atoms with E-state index in [2.05, 4.69) is 5.32 Å². The molecule has 3 amide bonds. The fraction of sp³-hybridized carbons (Fsp3) is 0.160. The first kappa shape index (κ1) is 21.1. The lowest BCUT2D eigenvalue weighted by Gasteiger charge is -2.29. The number of ether oxygens (including phenoxy) is 2. The van der Waals surface area contributed by atoms with E-state index in [-0.39, 0.29) is 6.61 Å². The van der Waals surface area contributed by atoms with Crippen molar-refractivity contribution in [1.29, 1.82) is 0 Å². The van der Waals surface area contributed by atoms with Crippen molar-refractivity contribution in [2.24, 2.45) is 0 Å². The van der Waals surface area contributed by atoms with Crippen molar-refractivity contribution >= 4 is 18.1 Å². The van der Waals surface area contributed by atoms with Gasteiger partial charge in [0.05, 0.1) is 6.61 Å². The molecule has 1 aliphatic heterocycles. The summed E-state index contributed by atoms with van der Waals surface area (Å²) in [5.74, 6) is -0.557. The van der Waals surface area contributed by atoms with Crippen LogP contribution in [0.1, 0.15) is 29.8 Å². The van der Waals surface area contributed by atoms with E-state index in [1.54, 1.807) is 85.8 Å². The maximum Gasteiger partial charge on any atom is 0.510 e. The van der Waals surface area contributed by atoms with Crippen molar-refractivity contribution in [3.8, 4) is 0 Å². The Kier molecular flexibility index (Phi) is 5.89. The molecule has 1 saturated heterocycles. The van der Waals surface area contributed by atoms with E-state index in [0.717, 1.165) is 4.90 Å². The lowest BCUT2D eigenvalue weighted by atomic mass is 9.82. The van der Waals surface area contributed by atoms with E-state index in [1.165, 1.54) is 0 Å². The topological polar surface area (TPSA) is 84.9 Å². The first-order valence-corrected chi connectivity index (χ1v) is 10.2. The molecule has 7 nitrogen and oxygen atoms in total. The van der Waals surface area contributed by atoms with Gasteiger partial charge in [-0.2, -0.15) is 0 Å². The Balaban J connectivity index is 1.83. The number of benzene rings is 3. The third kappa shape index (κ3) is 3.69. The Bertz CT molecular complexity index is 1060.